The number of hydrogen-bond acceptors (Lipinski definition) is 7. The maximum Gasteiger partial charge on any atom is 0.167 e. The van der Waals surface area contributed by atoms with Crippen LogP contribution in [0.15, 0.2) is 12.7 Å². The summed E-state index contributed by atoms with van der Waals surface area (Å²) in [7, 11) is 0. The van der Waals surface area contributed by atoms with Gasteiger partial charge in [-0.1, -0.05) is 20.8 Å². The first-order valence-corrected chi connectivity index (χ1v) is 7.22. The van der Waals surface area contributed by atoms with Crippen molar-refractivity contribution in [3.8, 4) is 0 Å². The molecule has 0 spiro atoms. The molecule has 0 bridgehead atoms. The Morgan fingerprint density at radius 2 is 1.95 bits per heavy atom. The molecule has 1 fully saturated rings. The van der Waals surface area contributed by atoms with E-state index in [0.717, 1.165) is 0 Å². The number of aromatic nitrogens is 4. The molecule has 3 heterocycles. The van der Waals surface area contributed by atoms with Crippen molar-refractivity contribution in [2.24, 2.45) is 5.41 Å². The molecule has 4 N–H and O–H groups in total. The predicted octanol–water partition coefficient (Wildman–Crippen LogP) is 0.464. The molecule has 1 saturated heterocycles. The van der Waals surface area contributed by atoms with Crippen LogP contribution in [0.4, 0.5) is 5.82 Å². The van der Waals surface area contributed by atoms with Crippen LogP contribution in [0.3, 0.4) is 0 Å². The van der Waals surface area contributed by atoms with E-state index in [-0.39, 0.29) is 11.2 Å². The lowest BCUT2D eigenvalue weighted by molar-refractivity contribution is -0.0456. The second kappa shape index (κ2) is 5.15. The van der Waals surface area contributed by atoms with Gasteiger partial charge in [0.2, 0.25) is 0 Å². The van der Waals surface area contributed by atoms with Crippen LogP contribution in [0.25, 0.3) is 11.2 Å². The molecule has 0 saturated carbocycles. The molecule has 120 valence electrons. The molecule has 0 unspecified atom stereocenters. The Kier molecular flexibility index (Phi) is 3.54. The van der Waals surface area contributed by atoms with Crippen molar-refractivity contribution in [3.05, 3.63) is 12.7 Å². The van der Waals surface area contributed by atoms with E-state index in [2.05, 4.69) is 35.7 Å². The maximum atomic E-state index is 10.3. The van der Waals surface area contributed by atoms with Gasteiger partial charge in [0, 0.05) is 0 Å². The summed E-state index contributed by atoms with van der Waals surface area (Å²) in [6.45, 7) is 6.18. The number of nitrogens with two attached hydrogens (primary N) is 1. The molecular formula is C14H21N5O3. The van der Waals surface area contributed by atoms with Crippen LogP contribution in [0.2, 0.25) is 0 Å². The van der Waals surface area contributed by atoms with E-state index in [9.17, 15) is 10.2 Å². The lowest BCUT2D eigenvalue weighted by Crippen LogP contribution is -2.33. The number of fused-ring (bicyclic) bond motifs is 1. The van der Waals surface area contributed by atoms with Gasteiger partial charge in [-0.2, -0.15) is 0 Å². The second-order valence-electron chi connectivity index (χ2n) is 6.89. The van der Waals surface area contributed by atoms with E-state index < -0.39 is 24.5 Å². The highest BCUT2D eigenvalue weighted by atomic mass is 16.6. The van der Waals surface area contributed by atoms with E-state index in [1.807, 2.05) is 0 Å². The third-order valence-corrected chi connectivity index (χ3v) is 3.81. The van der Waals surface area contributed by atoms with E-state index >= 15 is 0 Å². The zero-order chi connectivity index (χ0) is 16.1. The van der Waals surface area contributed by atoms with Gasteiger partial charge in [-0.05, 0) is 11.8 Å². The summed E-state index contributed by atoms with van der Waals surface area (Å²) in [6.07, 6.45) is 0.252. The molecule has 8 heteroatoms. The summed E-state index contributed by atoms with van der Waals surface area (Å²) in [4.78, 5) is 12.2. The fourth-order valence-electron chi connectivity index (χ4n) is 2.79. The molecule has 1 aliphatic heterocycles. The number of nitrogen functional groups attached to an aromatic ring is 1. The van der Waals surface area contributed by atoms with E-state index in [4.69, 9.17) is 10.5 Å². The molecule has 1 aliphatic rings. The Hall–Kier alpha value is -1.77. The van der Waals surface area contributed by atoms with Crippen LogP contribution in [0, 0.1) is 5.41 Å². The van der Waals surface area contributed by atoms with Crippen molar-refractivity contribution in [2.45, 2.75) is 51.7 Å². The maximum absolute atomic E-state index is 10.3. The molecule has 4 atom stereocenters. The topological polar surface area (TPSA) is 119 Å². The van der Waals surface area contributed by atoms with Crippen LogP contribution in [-0.2, 0) is 4.74 Å². The monoisotopic (exact) mass is 307 g/mol. The minimum absolute atomic E-state index is 0.0239. The smallest absolute Gasteiger partial charge is 0.167 e. The highest BCUT2D eigenvalue weighted by Crippen LogP contribution is 2.36. The summed E-state index contributed by atoms with van der Waals surface area (Å²) < 4.78 is 7.46. The van der Waals surface area contributed by atoms with Crippen LogP contribution < -0.4 is 5.73 Å². The number of nitrogens with zero attached hydrogens (tertiary/aromatic N) is 4. The summed E-state index contributed by atoms with van der Waals surface area (Å²) in [5.74, 6) is 0.267. The standard InChI is InChI=1S/C14H21N5O3/c1-14(2,3)4-7-9(20)10(21)13(22-7)19-6-18-8-11(15)16-5-17-12(8)19/h5-7,9-10,13,20-21H,4H2,1-3H3,(H2,15,16,17)/t7-,9-,10-,13-/m1/s1. The van der Waals surface area contributed by atoms with E-state index in [1.165, 1.54) is 12.7 Å². The Morgan fingerprint density at radius 1 is 1.23 bits per heavy atom. The summed E-state index contributed by atoms with van der Waals surface area (Å²) in [6, 6.07) is 0. The molecule has 0 amide bonds. The number of aliphatic hydroxyl groups excluding tert-OH is 2. The summed E-state index contributed by atoms with van der Waals surface area (Å²) >= 11 is 0. The van der Waals surface area contributed by atoms with Crippen molar-refractivity contribution in [1.29, 1.82) is 0 Å². The quantitative estimate of drug-likeness (QED) is 0.737. The molecular weight excluding hydrogens is 286 g/mol. The predicted molar refractivity (Wildman–Crippen MR) is 79.7 cm³/mol. The van der Waals surface area contributed by atoms with Crippen molar-refractivity contribution in [3.63, 3.8) is 0 Å². The van der Waals surface area contributed by atoms with Crippen LogP contribution in [-0.4, -0.2) is 48.0 Å². The van der Waals surface area contributed by atoms with Crippen molar-refractivity contribution >= 4 is 17.0 Å². The minimum Gasteiger partial charge on any atom is -0.388 e. The van der Waals surface area contributed by atoms with Gasteiger partial charge in [0.15, 0.2) is 17.7 Å². The fourth-order valence-corrected chi connectivity index (χ4v) is 2.79. The molecule has 8 nitrogen and oxygen atoms in total. The highest BCUT2D eigenvalue weighted by Gasteiger charge is 2.45. The minimum atomic E-state index is -1.05. The van der Waals surface area contributed by atoms with Gasteiger partial charge in [0.25, 0.3) is 0 Å². The summed E-state index contributed by atoms with van der Waals surface area (Å²) in [5.41, 5.74) is 6.66. The van der Waals surface area contributed by atoms with Crippen LogP contribution >= 0.6 is 0 Å². The zero-order valence-electron chi connectivity index (χ0n) is 12.8. The van der Waals surface area contributed by atoms with E-state index in [1.54, 1.807) is 4.57 Å². The molecule has 0 radical (unpaired) electrons. The van der Waals surface area contributed by atoms with Gasteiger partial charge in [-0.15, -0.1) is 0 Å². The number of aliphatic hydroxyl groups is 2. The largest absolute Gasteiger partial charge is 0.388 e. The molecule has 2 aromatic heterocycles. The third-order valence-electron chi connectivity index (χ3n) is 3.81. The molecule has 2 aromatic rings. The Labute approximate surface area is 128 Å². The number of ether oxygens (including phenoxy) is 1. The molecule has 3 rings (SSSR count). The normalized spacial score (nSPS) is 29.3. The van der Waals surface area contributed by atoms with Gasteiger partial charge in [-0.25, -0.2) is 15.0 Å². The van der Waals surface area contributed by atoms with Crippen molar-refractivity contribution in [2.75, 3.05) is 5.73 Å². The molecule has 0 aliphatic carbocycles. The van der Waals surface area contributed by atoms with Crippen LogP contribution in [0.5, 0.6) is 0 Å². The first-order valence-electron chi connectivity index (χ1n) is 7.22. The van der Waals surface area contributed by atoms with Crippen molar-refractivity contribution in [1.82, 2.24) is 19.5 Å². The average molecular weight is 307 g/mol. The van der Waals surface area contributed by atoms with E-state index in [0.29, 0.717) is 17.6 Å². The number of hydrogen-bond donors (Lipinski definition) is 3. The molecule has 22 heavy (non-hydrogen) atoms. The first kappa shape index (κ1) is 15.1. The number of anilines is 1. The average Bonchev–Trinajstić information content (AvgIpc) is 2.95. The van der Waals surface area contributed by atoms with Gasteiger partial charge in [0.1, 0.15) is 24.1 Å². The SMILES string of the molecule is CC(C)(C)C[C@H]1O[C@@H](n2cnc3c(N)ncnc32)[C@H](O)[C@@H]1O. The zero-order valence-corrected chi connectivity index (χ0v) is 12.8. The Balaban J connectivity index is 1.93. The Bertz CT molecular complexity index is 681. The second-order valence-corrected chi connectivity index (χ2v) is 6.89. The van der Waals surface area contributed by atoms with Gasteiger partial charge < -0.3 is 20.7 Å². The third kappa shape index (κ3) is 2.53. The van der Waals surface area contributed by atoms with Crippen LogP contribution in [0.1, 0.15) is 33.4 Å². The van der Waals surface area contributed by atoms with Gasteiger partial charge in [0.05, 0.1) is 12.4 Å². The lowest BCUT2D eigenvalue weighted by Gasteiger charge is -2.24. The molecule has 0 aromatic carbocycles. The number of imidazole rings is 1. The fraction of sp³-hybridized carbons (Fsp3) is 0.643. The van der Waals surface area contributed by atoms with Gasteiger partial charge >= 0.3 is 0 Å². The number of rotatable bonds is 2. The summed E-state index contributed by atoms with van der Waals surface area (Å²) in [5, 5.41) is 20.6. The van der Waals surface area contributed by atoms with Gasteiger partial charge in [-0.3, -0.25) is 4.57 Å². The highest BCUT2D eigenvalue weighted by molar-refractivity contribution is 5.81. The first-order chi connectivity index (χ1) is 10.3. The Morgan fingerprint density at radius 3 is 2.64 bits per heavy atom. The lowest BCUT2D eigenvalue weighted by atomic mass is 9.87. The van der Waals surface area contributed by atoms with Crippen molar-refractivity contribution < 1.29 is 14.9 Å².